The topological polar surface area (TPSA) is 43.2 Å². The van der Waals surface area contributed by atoms with E-state index in [4.69, 9.17) is 9.72 Å². The summed E-state index contributed by atoms with van der Waals surface area (Å²) < 4.78 is 8.12. The fourth-order valence-corrected chi connectivity index (χ4v) is 3.90. The van der Waals surface area contributed by atoms with Gasteiger partial charge in [-0.3, -0.25) is 0 Å². The van der Waals surface area contributed by atoms with Crippen molar-refractivity contribution in [3.05, 3.63) is 24.2 Å². The third-order valence-electron chi connectivity index (χ3n) is 4.97. The van der Waals surface area contributed by atoms with Crippen molar-refractivity contribution in [2.45, 2.75) is 37.6 Å². The molecule has 2 aromatic heterocycles. The van der Waals surface area contributed by atoms with E-state index in [1.54, 1.807) is 0 Å². The molecule has 5 heteroatoms. The van der Waals surface area contributed by atoms with Crippen LogP contribution in [0.4, 0.5) is 0 Å². The van der Waals surface area contributed by atoms with Gasteiger partial charge in [0.2, 0.25) is 0 Å². The SMILES string of the molecule is CN1CCCC(c2nc3cccnc3n2C2CCCOC2)C1. The van der Waals surface area contributed by atoms with Crippen molar-refractivity contribution in [2.75, 3.05) is 33.4 Å². The van der Waals surface area contributed by atoms with Gasteiger partial charge in [-0.25, -0.2) is 9.97 Å². The molecule has 0 amide bonds. The molecule has 22 heavy (non-hydrogen) atoms. The molecule has 0 radical (unpaired) electrons. The summed E-state index contributed by atoms with van der Waals surface area (Å²) in [7, 11) is 2.21. The number of ether oxygens (including phenoxy) is 1. The Balaban J connectivity index is 1.78. The molecular formula is C17H24N4O. The van der Waals surface area contributed by atoms with E-state index in [0.717, 1.165) is 43.8 Å². The van der Waals surface area contributed by atoms with E-state index in [1.165, 1.54) is 25.2 Å². The standard InChI is InChI=1S/C17H24N4O/c1-20-9-3-5-13(11-20)16-19-15-7-2-8-18-17(15)21(16)14-6-4-10-22-12-14/h2,7-8,13-14H,3-6,9-12H2,1H3. The first-order valence-corrected chi connectivity index (χ1v) is 8.42. The number of rotatable bonds is 2. The first-order valence-electron chi connectivity index (χ1n) is 8.42. The summed E-state index contributed by atoms with van der Waals surface area (Å²) in [6.07, 6.45) is 6.64. The van der Waals surface area contributed by atoms with Crippen LogP contribution in [0.25, 0.3) is 11.2 Å². The average Bonchev–Trinajstić information content (AvgIpc) is 2.95. The molecule has 0 spiro atoms. The minimum absolute atomic E-state index is 0.385. The smallest absolute Gasteiger partial charge is 0.160 e. The van der Waals surface area contributed by atoms with E-state index >= 15 is 0 Å². The molecule has 4 heterocycles. The Bertz CT molecular complexity index is 647. The van der Waals surface area contributed by atoms with E-state index < -0.39 is 0 Å². The molecule has 0 aromatic carbocycles. The highest BCUT2D eigenvalue weighted by atomic mass is 16.5. The molecule has 2 saturated heterocycles. The Morgan fingerprint density at radius 2 is 2.23 bits per heavy atom. The van der Waals surface area contributed by atoms with Gasteiger partial charge in [0.05, 0.1) is 12.6 Å². The Morgan fingerprint density at radius 3 is 3.05 bits per heavy atom. The van der Waals surface area contributed by atoms with Crippen LogP contribution >= 0.6 is 0 Å². The molecule has 2 aliphatic heterocycles. The average molecular weight is 300 g/mol. The Hall–Kier alpha value is -1.46. The van der Waals surface area contributed by atoms with E-state index in [9.17, 15) is 0 Å². The van der Waals surface area contributed by atoms with Gasteiger partial charge in [-0.15, -0.1) is 0 Å². The summed E-state index contributed by atoms with van der Waals surface area (Å²) in [6, 6.07) is 4.45. The maximum absolute atomic E-state index is 5.73. The maximum Gasteiger partial charge on any atom is 0.160 e. The molecule has 118 valence electrons. The van der Waals surface area contributed by atoms with E-state index in [0.29, 0.717) is 12.0 Å². The summed E-state index contributed by atoms with van der Waals surface area (Å²) >= 11 is 0. The number of aromatic nitrogens is 3. The Morgan fingerprint density at radius 1 is 1.27 bits per heavy atom. The van der Waals surface area contributed by atoms with E-state index in [2.05, 4.69) is 27.6 Å². The van der Waals surface area contributed by atoms with Gasteiger partial charge in [-0.2, -0.15) is 0 Å². The van der Waals surface area contributed by atoms with E-state index in [1.807, 2.05) is 12.3 Å². The predicted molar refractivity (Wildman–Crippen MR) is 86.1 cm³/mol. The number of likely N-dealkylation sites (tertiary alicyclic amines) is 1. The van der Waals surface area contributed by atoms with Crippen LogP contribution in [0.1, 0.15) is 43.5 Å². The monoisotopic (exact) mass is 300 g/mol. The highest BCUT2D eigenvalue weighted by molar-refractivity contribution is 5.71. The highest BCUT2D eigenvalue weighted by Gasteiger charge is 2.29. The summed E-state index contributed by atoms with van der Waals surface area (Å²) in [4.78, 5) is 12.0. The summed E-state index contributed by atoms with van der Waals surface area (Å²) in [5, 5.41) is 0. The molecule has 2 unspecified atom stereocenters. The molecule has 0 aliphatic carbocycles. The number of piperidine rings is 1. The van der Waals surface area contributed by atoms with Crippen LogP contribution in [0.15, 0.2) is 18.3 Å². The quantitative estimate of drug-likeness (QED) is 0.855. The summed E-state index contributed by atoms with van der Waals surface area (Å²) in [6.45, 7) is 3.97. The molecule has 4 rings (SSSR count). The van der Waals surface area contributed by atoms with Gasteiger partial charge < -0.3 is 14.2 Å². The number of fused-ring (bicyclic) bond motifs is 1. The number of hydrogen-bond acceptors (Lipinski definition) is 4. The molecular weight excluding hydrogens is 276 g/mol. The first kappa shape index (κ1) is 14.2. The lowest BCUT2D eigenvalue weighted by atomic mass is 9.97. The zero-order valence-corrected chi connectivity index (χ0v) is 13.2. The molecule has 0 N–H and O–H groups in total. The molecule has 2 aromatic rings. The fourth-order valence-electron chi connectivity index (χ4n) is 3.90. The second-order valence-corrected chi connectivity index (χ2v) is 6.66. The van der Waals surface area contributed by atoms with Gasteiger partial charge in [0.25, 0.3) is 0 Å². The van der Waals surface area contributed by atoms with Crippen LogP contribution in [0, 0.1) is 0 Å². The van der Waals surface area contributed by atoms with Crippen LogP contribution in [-0.4, -0.2) is 52.8 Å². The third-order valence-corrected chi connectivity index (χ3v) is 4.97. The summed E-state index contributed by atoms with van der Waals surface area (Å²) in [5.74, 6) is 1.73. The second-order valence-electron chi connectivity index (χ2n) is 6.66. The van der Waals surface area contributed by atoms with Crippen molar-refractivity contribution in [1.82, 2.24) is 19.4 Å². The van der Waals surface area contributed by atoms with Gasteiger partial charge in [-0.1, -0.05) is 0 Å². The van der Waals surface area contributed by atoms with Gasteiger partial charge in [0.1, 0.15) is 11.3 Å². The zero-order chi connectivity index (χ0) is 14.9. The molecule has 2 atom stereocenters. The zero-order valence-electron chi connectivity index (χ0n) is 13.2. The number of imidazole rings is 1. The maximum atomic E-state index is 5.73. The predicted octanol–water partition coefficient (Wildman–Crippen LogP) is 2.59. The van der Waals surface area contributed by atoms with Gasteiger partial charge in [0, 0.05) is 25.3 Å². The second kappa shape index (κ2) is 5.97. The van der Waals surface area contributed by atoms with E-state index in [-0.39, 0.29) is 0 Å². The first-order chi connectivity index (χ1) is 10.8. The third kappa shape index (κ3) is 2.52. The molecule has 0 bridgehead atoms. The van der Waals surface area contributed by atoms with Crippen LogP contribution in [-0.2, 0) is 4.74 Å². The van der Waals surface area contributed by atoms with Crippen molar-refractivity contribution in [1.29, 1.82) is 0 Å². The minimum atomic E-state index is 0.385. The van der Waals surface area contributed by atoms with Gasteiger partial charge in [0.15, 0.2) is 5.65 Å². The number of nitrogens with zero attached hydrogens (tertiary/aromatic N) is 4. The van der Waals surface area contributed by atoms with Gasteiger partial charge >= 0.3 is 0 Å². The largest absolute Gasteiger partial charge is 0.379 e. The number of hydrogen-bond donors (Lipinski definition) is 0. The van der Waals surface area contributed by atoms with Crippen LogP contribution in [0.3, 0.4) is 0 Å². The lowest BCUT2D eigenvalue weighted by Gasteiger charge is -2.32. The lowest BCUT2D eigenvalue weighted by Crippen LogP contribution is -2.33. The number of pyridine rings is 1. The molecule has 5 nitrogen and oxygen atoms in total. The van der Waals surface area contributed by atoms with Gasteiger partial charge in [-0.05, 0) is 51.4 Å². The van der Waals surface area contributed by atoms with Crippen molar-refractivity contribution < 1.29 is 4.74 Å². The Kier molecular flexibility index (Phi) is 3.84. The molecule has 2 aliphatic rings. The normalized spacial score (nSPS) is 27.3. The van der Waals surface area contributed by atoms with Crippen LogP contribution in [0.2, 0.25) is 0 Å². The van der Waals surface area contributed by atoms with Crippen molar-refractivity contribution in [2.24, 2.45) is 0 Å². The summed E-state index contributed by atoms with van der Waals surface area (Å²) in [5.41, 5.74) is 2.05. The fraction of sp³-hybridized carbons (Fsp3) is 0.647. The van der Waals surface area contributed by atoms with Crippen LogP contribution < -0.4 is 0 Å². The minimum Gasteiger partial charge on any atom is -0.379 e. The van der Waals surface area contributed by atoms with Crippen molar-refractivity contribution in [3.63, 3.8) is 0 Å². The van der Waals surface area contributed by atoms with Crippen LogP contribution in [0.5, 0.6) is 0 Å². The Labute approximate surface area is 131 Å². The highest BCUT2D eigenvalue weighted by Crippen LogP contribution is 2.32. The number of likely N-dealkylation sites (N-methyl/N-ethyl adjacent to an activating group) is 1. The van der Waals surface area contributed by atoms with Crippen molar-refractivity contribution >= 4 is 11.2 Å². The molecule has 2 fully saturated rings. The molecule has 0 saturated carbocycles. The van der Waals surface area contributed by atoms with Crippen molar-refractivity contribution in [3.8, 4) is 0 Å². The lowest BCUT2D eigenvalue weighted by molar-refractivity contribution is 0.0584.